The lowest BCUT2D eigenvalue weighted by molar-refractivity contribution is -0.385. The first-order valence-corrected chi connectivity index (χ1v) is 9.82. The molecule has 0 N–H and O–H groups in total. The monoisotopic (exact) mass is 396 g/mol. The number of imide groups is 1. The standard InChI is InChI=1S/C22H24N2O5/c1-16-15-17(11-12-20(16)24(27)28)29-14-8-4-2-3-7-13-23-21(25)18-9-5-6-10-19(18)22(23)26/h5-6,9-12,15H,2-4,7-8,13-14H2,1H3. The maximum absolute atomic E-state index is 12.3. The highest BCUT2D eigenvalue weighted by molar-refractivity contribution is 6.21. The number of hydrogen-bond donors (Lipinski definition) is 0. The van der Waals surface area contributed by atoms with Crippen LogP contribution in [0.1, 0.15) is 58.4 Å². The topological polar surface area (TPSA) is 89.8 Å². The Morgan fingerprint density at radius 3 is 2.17 bits per heavy atom. The first-order chi connectivity index (χ1) is 14.0. The van der Waals surface area contributed by atoms with E-state index in [1.807, 2.05) is 0 Å². The number of ether oxygens (including phenoxy) is 1. The van der Waals surface area contributed by atoms with E-state index in [1.165, 1.54) is 11.0 Å². The number of carbonyl (C=O) groups is 2. The highest BCUT2D eigenvalue weighted by Gasteiger charge is 2.34. The summed E-state index contributed by atoms with van der Waals surface area (Å²) in [6, 6.07) is 11.7. The minimum atomic E-state index is -0.402. The Morgan fingerprint density at radius 1 is 0.931 bits per heavy atom. The second-order valence-electron chi connectivity index (χ2n) is 7.13. The van der Waals surface area contributed by atoms with Crippen molar-refractivity contribution in [1.82, 2.24) is 4.90 Å². The Balaban J connectivity index is 1.30. The Labute approximate surface area is 169 Å². The zero-order valence-corrected chi connectivity index (χ0v) is 16.4. The van der Waals surface area contributed by atoms with E-state index in [0.29, 0.717) is 35.6 Å². The summed E-state index contributed by atoms with van der Waals surface area (Å²) < 4.78 is 5.65. The summed E-state index contributed by atoms with van der Waals surface area (Å²) in [4.78, 5) is 36.3. The normalized spacial score (nSPS) is 12.9. The van der Waals surface area contributed by atoms with Gasteiger partial charge in [-0.2, -0.15) is 0 Å². The highest BCUT2D eigenvalue weighted by Crippen LogP contribution is 2.24. The van der Waals surface area contributed by atoms with Crippen LogP contribution in [0.25, 0.3) is 0 Å². The van der Waals surface area contributed by atoms with Crippen molar-refractivity contribution in [3.8, 4) is 5.75 Å². The van der Waals surface area contributed by atoms with E-state index in [-0.39, 0.29) is 17.5 Å². The number of hydrogen-bond acceptors (Lipinski definition) is 5. The third-order valence-electron chi connectivity index (χ3n) is 5.04. The lowest BCUT2D eigenvalue weighted by atomic mass is 10.1. The molecule has 0 unspecified atom stereocenters. The average Bonchev–Trinajstić information content (AvgIpc) is 2.94. The molecule has 152 valence electrons. The predicted octanol–water partition coefficient (Wildman–Crippen LogP) is 4.53. The molecule has 2 amide bonds. The van der Waals surface area contributed by atoms with Crippen molar-refractivity contribution >= 4 is 17.5 Å². The molecular weight excluding hydrogens is 372 g/mol. The Hall–Kier alpha value is -3.22. The third kappa shape index (κ3) is 4.80. The summed E-state index contributed by atoms with van der Waals surface area (Å²) in [5, 5.41) is 10.8. The van der Waals surface area contributed by atoms with Crippen molar-refractivity contribution in [3.05, 3.63) is 69.3 Å². The van der Waals surface area contributed by atoms with Gasteiger partial charge in [0.2, 0.25) is 0 Å². The van der Waals surface area contributed by atoms with E-state index in [1.54, 1.807) is 43.3 Å². The van der Waals surface area contributed by atoms with Gasteiger partial charge in [0.1, 0.15) is 5.75 Å². The molecule has 2 aromatic rings. The fourth-order valence-electron chi connectivity index (χ4n) is 3.46. The molecule has 0 aliphatic carbocycles. The van der Waals surface area contributed by atoms with Gasteiger partial charge in [0.25, 0.3) is 17.5 Å². The smallest absolute Gasteiger partial charge is 0.272 e. The number of rotatable bonds is 10. The van der Waals surface area contributed by atoms with Crippen molar-refractivity contribution < 1.29 is 19.2 Å². The van der Waals surface area contributed by atoms with Gasteiger partial charge in [0, 0.05) is 18.2 Å². The van der Waals surface area contributed by atoms with Gasteiger partial charge < -0.3 is 4.74 Å². The van der Waals surface area contributed by atoms with Crippen molar-refractivity contribution in [2.45, 2.75) is 39.0 Å². The average molecular weight is 396 g/mol. The number of nitro groups is 1. The van der Waals surface area contributed by atoms with Crippen LogP contribution >= 0.6 is 0 Å². The van der Waals surface area contributed by atoms with Gasteiger partial charge in [-0.15, -0.1) is 0 Å². The molecule has 0 fully saturated rings. The van der Waals surface area contributed by atoms with Crippen LogP contribution in [0.4, 0.5) is 5.69 Å². The molecule has 0 aromatic heterocycles. The van der Waals surface area contributed by atoms with Crippen molar-refractivity contribution in [2.24, 2.45) is 0 Å². The zero-order chi connectivity index (χ0) is 20.8. The van der Waals surface area contributed by atoms with E-state index in [9.17, 15) is 19.7 Å². The van der Waals surface area contributed by atoms with E-state index in [2.05, 4.69) is 0 Å². The number of amides is 2. The van der Waals surface area contributed by atoms with Gasteiger partial charge in [-0.25, -0.2) is 0 Å². The molecule has 29 heavy (non-hydrogen) atoms. The number of aryl methyl sites for hydroxylation is 1. The number of carbonyl (C=O) groups excluding carboxylic acids is 2. The molecule has 1 aliphatic heterocycles. The first-order valence-electron chi connectivity index (χ1n) is 9.82. The SMILES string of the molecule is Cc1cc(OCCCCCCCN2C(=O)c3ccccc3C2=O)ccc1[N+](=O)[O-]. The van der Waals surface area contributed by atoms with Gasteiger partial charge in [-0.1, -0.05) is 31.4 Å². The van der Waals surface area contributed by atoms with Crippen LogP contribution in [0.5, 0.6) is 5.75 Å². The van der Waals surface area contributed by atoms with Gasteiger partial charge in [-0.3, -0.25) is 24.6 Å². The highest BCUT2D eigenvalue weighted by atomic mass is 16.6. The second-order valence-corrected chi connectivity index (χ2v) is 7.13. The molecule has 7 nitrogen and oxygen atoms in total. The number of fused-ring (bicyclic) bond motifs is 1. The van der Waals surface area contributed by atoms with Crippen LogP contribution in [-0.4, -0.2) is 34.8 Å². The fourth-order valence-corrected chi connectivity index (χ4v) is 3.46. The molecule has 0 bridgehead atoms. The lowest BCUT2D eigenvalue weighted by Gasteiger charge is -2.13. The van der Waals surface area contributed by atoms with E-state index in [4.69, 9.17) is 4.74 Å². The fraction of sp³-hybridized carbons (Fsp3) is 0.364. The van der Waals surface area contributed by atoms with Gasteiger partial charge in [0.15, 0.2) is 0 Å². The summed E-state index contributed by atoms with van der Waals surface area (Å²) in [6.07, 6.45) is 4.57. The molecular formula is C22H24N2O5. The molecule has 0 saturated carbocycles. The molecule has 0 spiro atoms. The molecule has 3 rings (SSSR count). The van der Waals surface area contributed by atoms with E-state index < -0.39 is 4.92 Å². The first kappa shape index (κ1) is 20.5. The molecule has 0 radical (unpaired) electrons. The van der Waals surface area contributed by atoms with Gasteiger partial charge in [-0.05, 0) is 44.0 Å². The van der Waals surface area contributed by atoms with Crippen LogP contribution in [0, 0.1) is 17.0 Å². The number of nitro benzene ring substituents is 1. The minimum absolute atomic E-state index is 0.0930. The van der Waals surface area contributed by atoms with E-state index in [0.717, 1.165) is 32.1 Å². The quantitative estimate of drug-likeness (QED) is 0.255. The number of nitrogens with zero attached hydrogens (tertiary/aromatic N) is 2. The minimum Gasteiger partial charge on any atom is -0.494 e. The number of unbranched alkanes of at least 4 members (excludes halogenated alkanes) is 4. The maximum atomic E-state index is 12.3. The van der Waals surface area contributed by atoms with Gasteiger partial charge in [0.05, 0.1) is 22.7 Å². The molecule has 0 saturated heterocycles. The number of benzene rings is 2. The maximum Gasteiger partial charge on any atom is 0.272 e. The second kappa shape index (κ2) is 9.32. The van der Waals surface area contributed by atoms with Crippen molar-refractivity contribution in [3.63, 3.8) is 0 Å². The Bertz CT molecular complexity index is 890. The molecule has 0 atom stereocenters. The van der Waals surface area contributed by atoms with Gasteiger partial charge >= 0.3 is 0 Å². The lowest BCUT2D eigenvalue weighted by Crippen LogP contribution is -2.30. The summed E-state index contributed by atoms with van der Waals surface area (Å²) >= 11 is 0. The molecule has 7 heteroatoms. The molecule has 1 aliphatic rings. The van der Waals surface area contributed by atoms with Crippen LogP contribution < -0.4 is 4.74 Å². The van der Waals surface area contributed by atoms with Crippen molar-refractivity contribution in [2.75, 3.05) is 13.2 Å². The van der Waals surface area contributed by atoms with Crippen LogP contribution in [0.2, 0.25) is 0 Å². The van der Waals surface area contributed by atoms with Crippen LogP contribution in [-0.2, 0) is 0 Å². The Morgan fingerprint density at radius 2 is 1.55 bits per heavy atom. The third-order valence-corrected chi connectivity index (χ3v) is 5.04. The van der Waals surface area contributed by atoms with E-state index >= 15 is 0 Å². The Kier molecular flexibility index (Phi) is 6.59. The molecule has 2 aromatic carbocycles. The predicted molar refractivity (Wildman–Crippen MR) is 108 cm³/mol. The summed E-state index contributed by atoms with van der Waals surface area (Å²) in [5.41, 5.74) is 1.67. The largest absolute Gasteiger partial charge is 0.494 e. The zero-order valence-electron chi connectivity index (χ0n) is 16.4. The van der Waals surface area contributed by atoms with Crippen molar-refractivity contribution in [1.29, 1.82) is 0 Å². The van der Waals surface area contributed by atoms with Crippen LogP contribution in [0.15, 0.2) is 42.5 Å². The summed E-state index contributed by atoms with van der Waals surface area (Å²) in [6.45, 7) is 2.69. The summed E-state index contributed by atoms with van der Waals surface area (Å²) in [7, 11) is 0. The summed E-state index contributed by atoms with van der Waals surface area (Å²) in [5.74, 6) is 0.244. The van der Waals surface area contributed by atoms with Crippen LogP contribution in [0.3, 0.4) is 0 Å². The molecule has 1 heterocycles.